The molecule has 0 saturated heterocycles. The van der Waals surface area contributed by atoms with Crippen molar-refractivity contribution in [2.24, 2.45) is 0 Å². The third-order valence-electron chi connectivity index (χ3n) is 1.52. The maximum Gasteiger partial charge on any atom is 0.138 e. The smallest absolute Gasteiger partial charge is 0.138 e. The summed E-state index contributed by atoms with van der Waals surface area (Å²) in [5.74, 6) is 0. The molecule has 4 nitrogen and oxygen atoms in total. The van der Waals surface area contributed by atoms with Gasteiger partial charge in [0, 0.05) is 11.4 Å². The number of hydrogen-bond acceptors (Lipinski definition) is 3. The summed E-state index contributed by atoms with van der Waals surface area (Å²) in [7, 11) is 0. The van der Waals surface area contributed by atoms with E-state index in [-0.39, 0.29) is 0 Å². The van der Waals surface area contributed by atoms with Crippen LogP contribution in [-0.4, -0.2) is 6.09 Å². The van der Waals surface area contributed by atoms with Crippen LogP contribution in [0, 0.1) is 6.92 Å². The number of carboxylic acid groups (broad SMARTS) is 1. The van der Waals surface area contributed by atoms with Crippen LogP contribution in [0.2, 0.25) is 0 Å². The van der Waals surface area contributed by atoms with Gasteiger partial charge in [-0.25, -0.2) is 0 Å². The molecule has 0 heterocycles. The van der Waals surface area contributed by atoms with Crippen molar-refractivity contribution in [2.75, 3.05) is 11.1 Å². The average molecular weight is 165 g/mol. The Morgan fingerprint density at radius 2 is 2.25 bits per heavy atom. The summed E-state index contributed by atoms with van der Waals surface area (Å²) in [6, 6.07) is 4.86. The molecule has 3 N–H and O–H groups in total. The average Bonchev–Trinajstić information content (AvgIpc) is 1.96. The van der Waals surface area contributed by atoms with Crippen molar-refractivity contribution in [3.8, 4) is 0 Å². The number of rotatable bonds is 1. The molecule has 12 heavy (non-hydrogen) atoms. The number of hydrogen-bond donors (Lipinski definition) is 2. The fourth-order valence-corrected chi connectivity index (χ4v) is 0.871. The highest BCUT2D eigenvalue weighted by Gasteiger charge is 1.95. The van der Waals surface area contributed by atoms with E-state index in [4.69, 9.17) is 5.73 Å². The Hall–Kier alpha value is -1.71. The first kappa shape index (κ1) is 8.39. The fourth-order valence-electron chi connectivity index (χ4n) is 0.871. The first-order chi connectivity index (χ1) is 5.59. The summed E-state index contributed by atoms with van der Waals surface area (Å²) >= 11 is 0. The van der Waals surface area contributed by atoms with Crippen LogP contribution in [0.3, 0.4) is 0 Å². The summed E-state index contributed by atoms with van der Waals surface area (Å²) < 4.78 is 0. The number of nitrogens with one attached hydrogen (secondary N) is 1. The molecule has 4 heteroatoms. The molecular weight excluding hydrogens is 156 g/mol. The molecule has 0 atom stereocenters. The Labute approximate surface area is 70.0 Å². The molecule has 0 spiro atoms. The van der Waals surface area contributed by atoms with Gasteiger partial charge in [-0.1, -0.05) is 0 Å². The van der Waals surface area contributed by atoms with Crippen molar-refractivity contribution in [3.63, 3.8) is 0 Å². The fraction of sp³-hybridized carbons (Fsp3) is 0.125. The standard InChI is InChI=1S/C8H10N2O2/c1-5-4-6(10-8(11)12)2-3-7(5)9/h2-4,10H,9H2,1H3,(H,11,12)/p-1. The topological polar surface area (TPSA) is 78.2 Å². The van der Waals surface area contributed by atoms with Crippen LogP contribution in [0.1, 0.15) is 5.56 Å². The Bertz CT molecular complexity index is 310. The van der Waals surface area contributed by atoms with Crippen molar-refractivity contribution >= 4 is 17.5 Å². The van der Waals surface area contributed by atoms with Crippen LogP contribution in [0.15, 0.2) is 18.2 Å². The number of benzene rings is 1. The third-order valence-corrected chi connectivity index (χ3v) is 1.52. The van der Waals surface area contributed by atoms with Crippen molar-refractivity contribution < 1.29 is 9.90 Å². The van der Waals surface area contributed by atoms with E-state index in [1.807, 2.05) is 0 Å². The van der Waals surface area contributed by atoms with Gasteiger partial charge in [0.15, 0.2) is 0 Å². The molecule has 1 amide bonds. The minimum Gasteiger partial charge on any atom is -0.530 e. The van der Waals surface area contributed by atoms with E-state index in [1.165, 1.54) is 0 Å². The highest BCUT2D eigenvalue weighted by atomic mass is 16.4. The number of anilines is 2. The van der Waals surface area contributed by atoms with Crippen LogP contribution in [-0.2, 0) is 0 Å². The number of carbonyl (C=O) groups excluding carboxylic acids is 1. The normalized spacial score (nSPS) is 9.42. The van der Waals surface area contributed by atoms with E-state index >= 15 is 0 Å². The molecule has 64 valence electrons. The highest BCUT2D eigenvalue weighted by Crippen LogP contribution is 2.15. The van der Waals surface area contributed by atoms with Gasteiger partial charge in [0.25, 0.3) is 0 Å². The van der Waals surface area contributed by atoms with Gasteiger partial charge in [-0.05, 0) is 30.7 Å². The molecule has 1 aromatic rings. The largest absolute Gasteiger partial charge is 0.530 e. The lowest BCUT2D eigenvalue weighted by molar-refractivity contribution is -0.242. The summed E-state index contributed by atoms with van der Waals surface area (Å²) in [6.45, 7) is 1.80. The summed E-state index contributed by atoms with van der Waals surface area (Å²) in [6.07, 6.45) is -1.32. The van der Waals surface area contributed by atoms with E-state index in [0.29, 0.717) is 11.4 Å². The van der Waals surface area contributed by atoms with E-state index < -0.39 is 6.09 Å². The number of carbonyl (C=O) groups is 1. The molecule has 0 aliphatic heterocycles. The van der Waals surface area contributed by atoms with Gasteiger partial charge in [-0.2, -0.15) is 0 Å². The van der Waals surface area contributed by atoms with Crippen molar-refractivity contribution in [3.05, 3.63) is 23.8 Å². The van der Waals surface area contributed by atoms with Crippen LogP contribution in [0.5, 0.6) is 0 Å². The number of amides is 1. The third kappa shape index (κ3) is 1.88. The van der Waals surface area contributed by atoms with Gasteiger partial charge >= 0.3 is 0 Å². The molecule has 1 rings (SSSR count). The van der Waals surface area contributed by atoms with Gasteiger partial charge in [-0.3, -0.25) is 0 Å². The molecule has 0 fully saturated rings. The van der Waals surface area contributed by atoms with Gasteiger partial charge in [0.05, 0.1) is 0 Å². The molecule has 0 unspecified atom stereocenters. The van der Waals surface area contributed by atoms with E-state index in [1.54, 1.807) is 25.1 Å². The second-order valence-corrected chi connectivity index (χ2v) is 2.48. The highest BCUT2D eigenvalue weighted by molar-refractivity contribution is 5.81. The first-order valence-electron chi connectivity index (χ1n) is 3.43. The lowest BCUT2D eigenvalue weighted by Crippen LogP contribution is -2.28. The zero-order chi connectivity index (χ0) is 9.14. The molecule has 0 radical (unpaired) electrons. The van der Waals surface area contributed by atoms with Gasteiger partial charge in [0.2, 0.25) is 0 Å². The summed E-state index contributed by atoms with van der Waals surface area (Å²) in [4.78, 5) is 10.1. The maximum absolute atomic E-state index is 10.1. The minimum absolute atomic E-state index is 0.474. The predicted octanol–water partition coefficient (Wildman–Crippen LogP) is 0.332. The SMILES string of the molecule is Cc1cc(NC(=O)[O-])ccc1N. The van der Waals surface area contributed by atoms with Gasteiger partial charge in [0.1, 0.15) is 6.09 Å². The quantitative estimate of drug-likeness (QED) is 0.588. The van der Waals surface area contributed by atoms with Crippen LogP contribution < -0.4 is 16.2 Å². The Morgan fingerprint density at radius 1 is 1.58 bits per heavy atom. The van der Waals surface area contributed by atoms with E-state index in [0.717, 1.165) is 5.56 Å². The minimum atomic E-state index is -1.32. The number of nitrogens with two attached hydrogens (primary N) is 1. The molecule has 0 aliphatic carbocycles. The zero-order valence-corrected chi connectivity index (χ0v) is 6.63. The molecule has 0 aromatic heterocycles. The molecule has 0 saturated carbocycles. The van der Waals surface area contributed by atoms with E-state index in [9.17, 15) is 9.90 Å². The maximum atomic E-state index is 10.1. The second-order valence-electron chi connectivity index (χ2n) is 2.48. The lowest BCUT2D eigenvalue weighted by Gasteiger charge is -2.07. The predicted molar refractivity (Wildman–Crippen MR) is 44.6 cm³/mol. The van der Waals surface area contributed by atoms with Crippen molar-refractivity contribution in [1.29, 1.82) is 0 Å². The summed E-state index contributed by atoms with van der Waals surface area (Å²) in [5, 5.41) is 12.2. The monoisotopic (exact) mass is 165 g/mol. The molecular formula is C8H9N2O2-. The van der Waals surface area contributed by atoms with E-state index in [2.05, 4.69) is 5.32 Å². The van der Waals surface area contributed by atoms with Crippen LogP contribution in [0.25, 0.3) is 0 Å². The lowest BCUT2D eigenvalue weighted by atomic mass is 10.2. The van der Waals surface area contributed by atoms with Crippen molar-refractivity contribution in [1.82, 2.24) is 0 Å². The Balaban J connectivity index is 2.89. The van der Waals surface area contributed by atoms with Crippen LogP contribution in [0.4, 0.5) is 16.2 Å². The second kappa shape index (κ2) is 3.13. The first-order valence-corrected chi connectivity index (χ1v) is 3.43. The van der Waals surface area contributed by atoms with Gasteiger partial charge in [-0.15, -0.1) is 0 Å². The van der Waals surface area contributed by atoms with Crippen LogP contribution >= 0.6 is 0 Å². The molecule has 1 aromatic carbocycles. The Kier molecular flexibility index (Phi) is 2.19. The Morgan fingerprint density at radius 3 is 2.75 bits per heavy atom. The number of aryl methyl sites for hydroxylation is 1. The van der Waals surface area contributed by atoms with Gasteiger partial charge < -0.3 is 21.0 Å². The van der Waals surface area contributed by atoms with Crippen molar-refractivity contribution in [2.45, 2.75) is 6.92 Å². The number of nitrogen functional groups attached to an aromatic ring is 1. The molecule has 0 aliphatic rings. The molecule has 0 bridgehead atoms. The zero-order valence-electron chi connectivity index (χ0n) is 6.63. The summed E-state index contributed by atoms with van der Waals surface area (Å²) in [5.41, 5.74) is 7.47.